The third-order valence-electron chi connectivity index (χ3n) is 5.74. The van der Waals surface area contributed by atoms with Crippen molar-refractivity contribution in [2.75, 3.05) is 18.1 Å². The van der Waals surface area contributed by atoms with Gasteiger partial charge in [0.1, 0.15) is 12.0 Å². The van der Waals surface area contributed by atoms with Gasteiger partial charge in [-0.3, -0.25) is 14.5 Å². The predicted molar refractivity (Wildman–Crippen MR) is 110 cm³/mol. The number of carbonyl (C=O) groups excluding carboxylic acids is 3. The Labute approximate surface area is 175 Å². The lowest BCUT2D eigenvalue weighted by atomic mass is 9.79. The molecule has 7 heteroatoms. The number of hydrogen-bond donors (Lipinski definition) is 0. The van der Waals surface area contributed by atoms with Gasteiger partial charge in [0.05, 0.1) is 5.69 Å². The minimum atomic E-state index is -1.12. The van der Waals surface area contributed by atoms with Gasteiger partial charge in [-0.15, -0.1) is 0 Å². The molecule has 1 fully saturated rings. The molecule has 4 rings (SSSR count). The fourth-order valence-corrected chi connectivity index (χ4v) is 4.45. The van der Waals surface area contributed by atoms with Crippen LogP contribution in [0.2, 0.25) is 0 Å². The Morgan fingerprint density at radius 2 is 1.80 bits per heavy atom. The standard InChI is InChI=1S/C23H24N2O5/c1-3-29-21-23(18-11-7-8-12-19(18)25(16(2)26)20(23)27)13-14-24(21)22(28)30-15-17-9-5-4-6-10-17/h4-12,21H,3,13-15H2,1-2H3. The van der Waals surface area contributed by atoms with E-state index in [2.05, 4.69) is 0 Å². The summed E-state index contributed by atoms with van der Waals surface area (Å²) in [5, 5.41) is 0. The molecule has 2 heterocycles. The Balaban J connectivity index is 1.65. The number of rotatable bonds is 4. The van der Waals surface area contributed by atoms with E-state index in [1.165, 1.54) is 16.7 Å². The molecule has 7 nitrogen and oxygen atoms in total. The summed E-state index contributed by atoms with van der Waals surface area (Å²) in [4.78, 5) is 41.3. The van der Waals surface area contributed by atoms with E-state index in [9.17, 15) is 14.4 Å². The lowest BCUT2D eigenvalue weighted by molar-refractivity contribution is -0.135. The molecule has 2 aliphatic heterocycles. The number of hydrogen-bond acceptors (Lipinski definition) is 5. The third kappa shape index (κ3) is 3.06. The first-order valence-corrected chi connectivity index (χ1v) is 10.0. The van der Waals surface area contributed by atoms with Gasteiger partial charge in [0.2, 0.25) is 11.8 Å². The average molecular weight is 408 g/mol. The van der Waals surface area contributed by atoms with Crippen LogP contribution < -0.4 is 4.90 Å². The quantitative estimate of drug-likeness (QED) is 0.776. The minimum Gasteiger partial charge on any atom is -0.444 e. The van der Waals surface area contributed by atoms with Crippen LogP contribution in [0.3, 0.4) is 0 Å². The summed E-state index contributed by atoms with van der Waals surface area (Å²) in [7, 11) is 0. The van der Waals surface area contributed by atoms with Crippen molar-refractivity contribution in [2.45, 2.75) is 38.5 Å². The second-order valence-corrected chi connectivity index (χ2v) is 7.44. The maximum Gasteiger partial charge on any atom is 0.412 e. The van der Waals surface area contributed by atoms with Crippen LogP contribution in [0.1, 0.15) is 31.4 Å². The average Bonchev–Trinajstić information content (AvgIpc) is 3.25. The van der Waals surface area contributed by atoms with Crippen molar-refractivity contribution >= 4 is 23.6 Å². The van der Waals surface area contributed by atoms with E-state index < -0.39 is 17.7 Å². The van der Waals surface area contributed by atoms with Crippen LogP contribution in [0.4, 0.5) is 10.5 Å². The SMILES string of the molecule is CCOC1N(C(=O)OCc2ccccc2)CCC12C(=O)N(C(C)=O)c1ccccc12. The van der Waals surface area contributed by atoms with Crippen molar-refractivity contribution in [3.8, 4) is 0 Å². The lowest BCUT2D eigenvalue weighted by Gasteiger charge is -2.33. The highest BCUT2D eigenvalue weighted by Crippen LogP contribution is 2.51. The number of likely N-dealkylation sites (tertiary alicyclic amines) is 1. The number of fused-ring (bicyclic) bond motifs is 2. The molecule has 2 unspecified atom stereocenters. The second-order valence-electron chi connectivity index (χ2n) is 7.44. The zero-order chi connectivity index (χ0) is 21.3. The highest BCUT2D eigenvalue weighted by molar-refractivity contribution is 6.22. The smallest absolute Gasteiger partial charge is 0.412 e. The van der Waals surface area contributed by atoms with Gasteiger partial charge in [-0.25, -0.2) is 9.69 Å². The molecule has 2 atom stereocenters. The molecule has 2 aromatic rings. The topological polar surface area (TPSA) is 76.2 Å². The molecule has 0 bridgehead atoms. The summed E-state index contributed by atoms with van der Waals surface area (Å²) in [5.41, 5.74) is 1.02. The zero-order valence-corrected chi connectivity index (χ0v) is 17.0. The van der Waals surface area contributed by atoms with Crippen LogP contribution in [0.5, 0.6) is 0 Å². The zero-order valence-electron chi connectivity index (χ0n) is 17.0. The summed E-state index contributed by atoms with van der Waals surface area (Å²) >= 11 is 0. The van der Waals surface area contributed by atoms with Crippen molar-refractivity contribution in [1.29, 1.82) is 0 Å². The molecule has 0 aromatic heterocycles. The van der Waals surface area contributed by atoms with Crippen molar-refractivity contribution in [1.82, 2.24) is 4.90 Å². The molecule has 156 valence electrons. The van der Waals surface area contributed by atoms with Crippen LogP contribution in [0.15, 0.2) is 54.6 Å². The third-order valence-corrected chi connectivity index (χ3v) is 5.74. The largest absolute Gasteiger partial charge is 0.444 e. The van der Waals surface area contributed by atoms with Gasteiger partial charge < -0.3 is 9.47 Å². The maximum absolute atomic E-state index is 13.5. The van der Waals surface area contributed by atoms with E-state index in [0.717, 1.165) is 5.56 Å². The molecule has 2 aliphatic rings. The monoisotopic (exact) mass is 408 g/mol. The fraction of sp³-hybridized carbons (Fsp3) is 0.348. The lowest BCUT2D eigenvalue weighted by Crippen LogP contribution is -2.52. The van der Waals surface area contributed by atoms with Crippen molar-refractivity contribution in [3.63, 3.8) is 0 Å². The highest BCUT2D eigenvalue weighted by atomic mass is 16.6. The molecule has 2 aromatic carbocycles. The predicted octanol–water partition coefficient (Wildman–Crippen LogP) is 3.22. The molecule has 1 saturated heterocycles. The van der Waals surface area contributed by atoms with Crippen molar-refractivity contribution in [3.05, 3.63) is 65.7 Å². The van der Waals surface area contributed by atoms with Gasteiger partial charge in [-0.2, -0.15) is 0 Å². The first-order valence-electron chi connectivity index (χ1n) is 10.0. The van der Waals surface area contributed by atoms with Crippen LogP contribution in [0, 0.1) is 0 Å². The van der Waals surface area contributed by atoms with E-state index in [1.807, 2.05) is 49.4 Å². The van der Waals surface area contributed by atoms with E-state index in [0.29, 0.717) is 30.8 Å². The van der Waals surface area contributed by atoms with Gasteiger partial charge >= 0.3 is 6.09 Å². The van der Waals surface area contributed by atoms with E-state index in [4.69, 9.17) is 9.47 Å². The Hall–Kier alpha value is -3.19. The van der Waals surface area contributed by atoms with Crippen molar-refractivity contribution < 1.29 is 23.9 Å². The fourth-order valence-electron chi connectivity index (χ4n) is 4.45. The molecule has 0 N–H and O–H groups in total. The minimum absolute atomic E-state index is 0.131. The Bertz CT molecular complexity index is 977. The van der Waals surface area contributed by atoms with Crippen LogP contribution in [0.25, 0.3) is 0 Å². The van der Waals surface area contributed by atoms with E-state index in [1.54, 1.807) is 12.1 Å². The van der Waals surface area contributed by atoms with Crippen molar-refractivity contribution in [2.24, 2.45) is 0 Å². The Kier molecular flexibility index (Phi) is 5.30. The first-order chi connectivity index (χ1) is 14.5. The van der Waals surface area contributed by atoms with Gasteiger partial charge in [-0.05, 0) is 30.5 Å². The van der Waals surface area contributed by atoms with Gasteiger partial charge in [0.15, 0.2) is 6.23 Å². The number of nitrogens with zero attached hydrogens (tertiary/aromatic N) is 2. The first kappa shape index (κ1) is 20.1. The summed E-state index contributed by atoms with van der Waals surface area (Å²) in [5.74, 6) is -0.710. The van der Waals surface area contributed by atoms with Gasteiger partial charge in [0, 0.05) is 20.1 Å². The Morgan fingerprint density at radius 3 is 2.50 bits per heavy atom. The molecule has 0 aliphatic carbocycles. The summed E-state index contributed by atoms with van der Waals surface area (Å²) < 4.78 is 11.5. The number of anilines is 1. The maximum atomic E-state index is 13.5. The molecule has 0 saturated carbocycles. The number of ether oxygens (including phenoxy) is 2. The number of benzene rings is 2. The second kappa shape index (κ2) is 7.91. The molecule has 1 spiro atoms. The number of amides is 3. The van der Waals surface area contributed by atoms with Crippen LogP contribution in [-0.4, -0.2) is 42.2 Å². The van der Waals surface area contributed by atoms with E-state index >= 15 is 0 Å². The van der Waals surface area contributed by atoms with Gasteiger partial charge in [-0.1, -0.05) is 48.5 Å². The highest BCUT2D eigenvalue weighted by Gasteiger charge is 2.63. The Morgan fingerprint density at radius 1 is 1.10 bits per heavy atom. The van der Waals surface area contributed by atoms with E-state index in [-0.39, 0.29) is 18.4 Å². The number of carbonyl (C=O) groups is 3. The molecular weight excluding hydrogens is 384 g/mol. The number of para-hydroxylation sites is 1. The normalized spacial score (nSPS) is 22.5. The summed E-state index contributed by atoms with van der Waals surface area (Å²) in [6.07, 6.45) is -1.03. The van der Waals surface area contributed by atoms with Crippen LogP contribution in [-0.2, 0) is 31.1 Å². The molecule has 3 amide bonds. The summed E-state index contributed by atoms with van der Waals surface area (Å²) in [6.45, 7) is 3.92. The summed E-state index contributed by atoms with van der Waals surface area (Å²) in [6, 6.07) is 16.6. The molecule has 30 heavy (non-hydrogen) atoms. The molecule has 0 radical (unpaired) electrons. The molecular formula is C23H24N2O5. The van der Waals surface area contributed by atoms with Gasteiger partial charge in [0.25, 0.3) is 0 Å². The van der Waals surface area contributed by atoms with Crippen LogP contribution >= 0.6 is 0 Å². The number of imide groups is 1.